The number of rotatable bonds is 2. The number of urea groups is 1. The predicted molar refractivity (Wildman–Crippen MR) is 88.2 cm³/mol. The Morgan fingerprint density at radius 3 is 2.41 bits per heavy atom. The van der Waals surface area contributed by atoms with Crippen LogP contribution in [-0.2, 0) is 0 Å². The van der Waals surface area contributed by atoms with Crippen molar-refractivity contribution in [2.24, 2.45) is 0 Å². The monoisotopic (exact) mass is 382 g/mol. The molecule has 1 aromatic heterocycles. The number of anilines is 1. The van der Waals surface area contributed by atoms with Crippen LogP contribution in [0.3, 0.4) is 0 Å². The molecule has 9 heteroatoms. The minimum atomic E-state index is -0.534. The number of thiocarbonyl (C=S) groups is 1. The number of halogens is 1. The molecule has 22 heavy (non-hydrogen) atoms. The van der Waals surface area contributed by atoms with Gasteiger partial charge < -0.3 is 9.73 Å². The van der Waals surface area contributed by atoms with Gasteiger partial charge in [0, 0.05) is 5.69 Å². The predicted octanol–water partition coefficient (Wildman–Crippen LogP) is 2.38. The highest BCUT2D eigenvalue weighted by Gasteiger charge is 2.12. The molecular weight excluding hydrogens is 372 g/mol. The van der Waals surface area contributed by atoms with E-state index in [1.165, 1.54) is 6.07 Å². The van der Waals surface area contributed by atoms with Crippen LogP contribution in [0.15, 0.2) is 51.6 Å². The SMILES string of the molecule is O=C(NNC(=S)NC(=O)c1ccc(Br)o1)Nc1ccccc1. The van der Waals surface area contributed by atoms with Crippen molar-refractivity contribution < 1.29 is 14.0 Å². The van der Waals surface area contributed by atoms with E-state index in [9.17, 15) is 9.59 Å². The second-order valence-corrected chi connectivity index (χ2v) is 5.15. The second-order valence-electron chi connectivity index (χ2n) is 3.96. The summed E-state index contributed by atoms with van der Waals surface area (Å²) in [6.07, 6.45) is 0. The summed E-state index contributed by atoms with van der Waals surface area (Å²) in [5, 5.41) is 4.86. The summed E-state index contributed by atoms with van der Waals surface area (Å²) in [4.78, 5) is 23.3. The van der Waals surface area contributed by atoms with E-state index in [0.717, 1.165) is 0 Å². The Hall–Kier alpha value is -2.39. The Morgan fingerprint density at radius 1 is 1.05 bits per heavy atom. The van der Waals surface area contributed by atoms with E-state index in [2.05, 4.69) is 37.4 Å². The Labute approximate surface area is 139 Å². The van der Waals surface area contributed by atoms with Crippen molar-refractivity contribution in [2.45, 2.75) is 0 Å². The molecule has 7 nitrogen and oxygen atoms in total. The maximum absolute atomic E-state index is 11.7. The van der Waals surface area contributed by atoms with Gasteiger partial charge in [-0.25, -0.2) is 10.2 Å². The molecule has 2 aromatic rings. The lowest BCUT2D eigenvalue weighted by Gasteiger charge is -2.10. The second kappa shape index (κ2) is 7.57. The lowest BCUT2D eigenvalue weighted by Crippen LogP contribution is -2.49. The molecular formula is C13H11BrN4O3S. The summed E-state index contributed by atoms with van der Waals surface area (Å²) in [6.45, 7) is 0. The van der Waals surface area contributed by atoms with Crippen LogP contribution in [0.25, 0.3) is 0 Å². The molecule has 1 heterocycles. The highest BCUT2D eigenvalue weighted by atomic mass is 79.9. The highest BCUT2D eigenvalue weighted by Crippen LogP contribution is 2.13. The normalized spacial score (nSPS) is 9.68. The standard InChI is InChI=1S/C13H11BrN4O3S/c14-10-7-6-9(21-10)11(19)16-13(22)18-17-12(20)15-8-4-2-1-3-5-8/h1-7H,(H2,15,17,20)(H2,16,18,19,22). The smallest absolute Gasteiger partial charge is 0.337 e. The van der Waals surface area contributed by atoms with Crippen LogP contribution in [0, 0.1) is 0 Å². The molecule has 2 rings (SSSR count). The van der Waals surface area contributed by atoms with E-state index < -0.39 is 11.9 Å². The first-order valence-electron chi connectivity index (χ1n) is 6.03. The van der Waals surface area contributed by atoms with Crippen molar-refractivity contribution >= 4 is 50.9 Å². The summed E-state index contributed by atoms with van der Waals surface area (Å²) < 4.78 is 5.50. The third-order valence-corrected chi connectivity index (χ3v) is 2.98. The molecule has 0 unspecified atom stereocenters. The summed E-state index contributed by atoms with van der Waals surface area (Å²) in [7, 11) is 0. The molecule has 4 N–H and O–H groups in total. The summed E-state index contributed by atoms with van der Waals surface area (Å²) >= 11 is 7.97. The molecule has 0 saturated heterocycles. The number of benzene rings is 1. The number of carbonyl (C=O) groups is 2. The summed E-state index contributed by atoms with van der Waals surface area (Å²) in [5.41, 5.74) is 5.31. The molecule has 0 atom stereocenters. The van der Waals surface area contributed by atoms with Gasteiger partial charge in [-0.2, -0.15) is 0 Å². The topological polar surface area (TPSA) is 95.4 Å². The Morgan fingerprint density at radius 2 is 1.77 bits per heavy atom. The first-order valence-corrected chi connectivity index (χ1v) is 7.23. The van der Waals surface area contributed by atoms with Crippen molar-refractivity contribution in [3.05, 3.63) is 52.9 Å². The largest absolute Gasteiger partial charge is 0.444 e. The van der Waals surface area contributed by atoms with E-state index in [-0.39, 0.29) is 10.9 Å². The molecule has 0 bridgehead atoms. The van der Waals surface area contributed by atoms with E-state index in [1.807, 2.05) is 6.07 Å². The maximum Gasteiger partial charge on any atom is 0.337 e. The molecule has 0 aliphatic heterocycles. The molecule has 3 amide bonds. The molecule has 0 saturated carbocycles. The van der Waals surface area contributed by atoms with Crippen LogP contribution in [0.2, 0.25) is 0 Å². The van der Waals surface area contributed by atoms with Crippen LogP contribution in [-0.4, -0.2) is 17.1 Å². The zero-order valence-corrected chi connectivity index (χ0v) is 13.5. The quantitative estimate of drug-likeness (QED) is 0.472. The molecule has 0 aliphatic carbocycles. The van der Waals surface area contributed by atoms with E-state index in [1.54, 1.807) is 30.3 Å². The van der Waals surface area contributed by atoms with Crippen molar-refractivity contribution in [2.75, 3.05) is 5.32 Å². The van der Waals surface area contributed by atoms with Gasteiger partial charge in [0.2, 0.25) is 0 Å². The molecule has 0 spiro atoms. The van der Waals surface area contributed by atoms with Crippen LogP contribution in [0.1, 0.15) is 10.6 Å². The fraction of sp³-hybridized carbons (Fsp3) is 0. The third kappa shape index (κ3) is 4.86. The van der Waals surface area contributed by atoms with E-state index >= 15 is 0 Å². The van der Waals surface area contributed by atoms with Gasteiger partial charge in [-0.15, -0.1) is 0 Å². The lowest BCUT2D eigenvalue weighted by molar-refractivity contribution is 0.0948. The van der Waals surface area contributed by atoms with Gasteiger partial charge in [-0.05, 0) is 52.4 Å². The number of nitrogens with one attached hydrogen (secondary N) is 4. The number of hydrogen-bond donors (Lipinski definition) is 4. The Kier molecular flexibility index (Phi) is 5.50. The zero-order valence-electron chi connectivity index (χ0n) is 11.1. The van der Waals surface area contributed by atoms with Crippen LogP contribution in [0.4, 0.5) is 10.5 Å². The van der Waals surface area contributed by atoms with Gasteiger partial charge in [0.05, 0.1) is 0 Å². The van der Waals surface area contributed by atoms with Gasteiger partial charge in [0.15, 0.2) is 15.5 Å². The van der Waals surface area contributed by atoms with Gasteiger partial charge in [-0.1, -0.05) is 18.2 Å². The van der Waals surface area contributed by atoms with Gasteiger partial charge in [-0.3, -0.25) is 15.5 Å². The number of carbonyl (C=O) groups excluding carboxylic acids is 2. The highest BCUT2D eigenvalue weighted by molar-refractivity contribution is 9.10. The number of hydrogen-bond acceptors (Lipinski definition) is 4. The Bertz CT molecular complexity index is 690. The van der Waals surface area contributed by atoms with Gasteiger partial charge in [0.25, 0.3) is 5.91 Å². The summed E-state index contributed by atoms with van der Waals surface area (Å²) in [5.74, 6) is -0.446. The number of furan rings is 1. The maximum atomic E-state index is 11.7. The first kappa shape index (κ1) is 16.0. The van der Waals surface area contributed by atoms with Crippen molar-refractivity contribution in [3.8, 4) is 0 Å². The zero-order chi connectivity index (χ0) is 15.9. The van der Waals surface area contributed by atoms with Gasteiger partial charge >= 0.3 is 6.03 Å². The minimum absolute atomic E-state index is 0.0688. The fourth-order valence-electron chi connectivity index (χ4n) is 1.43. The number of para-hydroxylation sites is 1. The number of amides is 3. The lowest BCUT2D eigenvalue weighted by atomic mass is 10.3. The average molecular weight is 383 g/mol. The third-order valence-electron chi connectivity index (χ3n) is 2.35. The average Bonchev–Trinajstić information content (AvgIpc) is 2.93. The molecule has 114 valence electrons. The first-order chi connectivity index (χ1) is 10.5. The van der Waals surface area contributed by atoms with Crippen molar-refractivity contribution in [3.63, 3.8) is 0 Å². The molecule has 0 aliphatic rings. The number of hydrazine groups is 1. The van der Waals surface area contributed by atoms with Crippen molar-refractivity contribution in [1.82, 2.24) is 16.2 Å². The Balaban J connectivity index is 1.75. The van der Waals surface area contributed by atoms with E-state index in [0.29, 0.717) is 10.4 Å². The minimum Gasteiger partial charge on any atom is -0.444 e. The molecule has 0 radical (unpaired) electrons. The van der Waals surface area contributed by atoms with Crippen molar-refractivity contribution in [1.29, 1.82) is 0 Å². The van der Waals surface area contributed by atoms with Gasteiger partial charge in [0.1, 0.15) is 0 Å². The molecule has 0 fully saturated rings. The van der Waals surface area contributed by atoms with E-state index in [4.69, 9.17) is 16.6 Å². The van der Waals surface area contributed by atoms with Crippen LogP contribution < -0.4 is 21.5 Å². The fourth-order valence-corrected chi connectivity index (χ4v) is 1.88. The van der Waals surface area contributed by atoms with Crippen LogP contribution >= 0.6 is 28.1 Å². The summed E-state index contributed by atoms with van der Waals surface area (Å²) in [6, 6.07) is 11.4. The molecule has 1 aromatic carbocycles. The van der Waals surface area contributed by atoms with Crippen LogP contribution in [0.5, 0.6) is 0 Å².